The molecule has 118 valence electrons. The van der Waals surface area contributed by atoms with Crippen LogP contribution in [0, 0.1) is 0 Å². The van der Waals surface area contributed by atoms with Gasteiger partial charge in [-0.05, 0) is 26.3 Å². The summed E-state index contributed by atoms with van der Waals surface area (Å²) < 4.78 is 5.73. The summed E-state index contributed by atoms with van der Waals surface area (Å²) in [5.74, 6) is 0.0851. The summed E-state index contributed by atoms with van der Waals surface area (Å²) >= 11 is 0. The van der Waals surface area contributed by atoms with Crippen LogP contribution in [-0.2, 0) is 9.53 Å². The molecule has 20 heavy (non-hydrogen) atoms. The highest BCUT2D eigenvalue weighted by Crippen LogP contribution is 2.04. The lowest BCUT2D eigenvalue weighted by Gasteiger charge is -2.32. The molecule has 1 saturated heterocycles. The first-order valence-electron chi connectivity index (χ1n) is 7.98. The number of rotatable bonds is 8. The fourth-order valence-electron chi connectivity index (χ4n) is 2.41. The van der Waals surface area contributed by atoms with E-state index in [-0.39, 0.29) is 24.1 Å². The van der Waals surface area contributed by atoms with Gasteiger partial charge in [-0.25, -0.2) is 0 Å². The Kier molecular flexibility index (Phi) is 8.11. The number of carbonyl (C=O) groups is 1. The summed E-state index contributed by atoms with van der Waals surface area (Å²) in [7, 11) is 0. The maximum atomic E-state index is 12.0. The molecule has 5 nitrogen and oxygen atoms in total. The number of carbonyl (C=O) groups excluding carboxylic acids is 1. The van der Waals surface area contributed by atoms with E-state index in [1.807, 2.05) is 6.92 Å². The lowest BCUT2D eigenvalue weighted by molar-refractivity contribution is -0.123. The third-order valence-corrected chi connectivity index (χ3v) is 4.05. The smallest absolute Gasteiger partial charge is 0.237 e. The fourth-order valence-corrected chi connectivity index (χ4v) is 2.41. The lowest BCUT2D eigenvalue weighted by atomic mass is 10.1. The van der Waals surface area contributed by atoms with E-state index < -0.39 is 0 Å². The maximum Gasteiger partial charge on any atom is 0.237 e. The maximum absolute atomic E-state index is 12.0. The number of hydrogen-bond acceptors (Lipinski definition) is 4. The molecule has 1 aliphatic rings. The molecule has 1 heterocycles. The Morgan fingerprint density at radius 3 is 2.65 bits per heavy atom. The van der Waals surface area contributed by atoms with Crippen molar-refractivity contribution in [2.24, 2.45) is 0 Å². The molecule has 0 saturated carbocycles. The van der Waals surface area contributed by atoms with Gasteiger partial charge in [-0.2, -0.15) is 0 Å². The van der Waals surface area contributed by atoms with E-state index in [2.05, 4.69) is 36.3 Å². The summed E-state index contributed by atoms with van der Waals surface area (Å²) in [6.07, 6.45) is 2.14. The van der Waals surface area contributed by atoms with Crippen molar-refractivity contribution >= 4 is 5.91 Å². The van der Waals surface area contributed by atoms with Gasteiger partial charge in [0.25, 0.3) is 0 Å². The summed E-state index contributed by atoms with van der Waals surface area (Å²) in [6.45, 7) is 12.8. The van der Waals surface area contributed by atoms with Crippen LogP contribution in [0.3, 0.4) is 0 Å². The number of nitrogens with one attached hydrogen (secondary N) is 2. The molecule has 1 amide bonds. The number of likely N-dealkylation sites (N-methyl/N-ethyl adjacent to an activating group) is 1. The van der Waals surface area contributed by atoms with E-state index in [9.17, 15) is 4.79 Å². The van der Waals surface area contributed by atoms with Gasteiger partial charge in [-0.15, -0.1) is 0 Å². The minimum absolute atomic E-state index is 0.0851. The van der Waals surface area contributed by atoms with Gasteiger partial charge >= 0.3 is 0 Å². The number of hydrogen-bond donors (Lipinski definition) is 2. The Hall–Kier alpha value is -0.650. The first-order chi connectivity index (χ1) is 9.60. The van der Waals surface area contributed by atoms with Crippen molar-refractivity contribution < 1.29 is 9.53 Å². The standard InChI is InChI=1S/C15H31N3O2/c1-5-13(6-2)17-15(19)12(4)16-10-14-11-18(7-3)8-9-20-14/h12-14,16H,5-11H2,1-4H3,(H,17,19). The number of morpholine rings is 1. The van der Waals surface area contributed by atoms with Crippen LogP contribution >= 0.6 is 0 Å². The SMILES string of the molecule is CCC(CC)NC(=O)C(C)NCC1CN(CC)CCO1. The summed E-state index contributed by atoms with van der Waals surface area (Å²) in [6, 6.07) is 0.115. The molecule has 1 aliphatic heterocycles. The zero-order chi connectivity index (χ0) is 15.0. The molecule has 0 radical (unpaired) electrons. The van der Waals surface area contributed by atoms with Crippen molar-refractivity contribution in [3.05, 3.63) is 0 Å². The van der Waals surface area contributed by atoms with E-state index in [1.165, 1.54) is 0 Å². The topological polar surface area (TPSA) is 53.6 Å². The van der Waals surface area contributed by atoms with Gasteiger partial charge in [0.15, 0.2) is 0 Å². The highest BCUT2D eigenvalue weighted by atomic mass is 16.5. The zero-order valence-electron chi connectivity index (χ0n) is 13.4. The summed E-state index contributed by atoms with van der Waals surface area (Å²) in [5, 5.41) is 6.36. The number of amides is 1. The van der Waals surface area contributed by atoms with Crippen LogP contribution in [-0.4, -0.2) is 61.8 Å². The minimum atomic E-state index is -0.170. The molecule has 0 aromatic rings. The fraction of sp³-hybridized carbons (Fsp3) is 0.933. The van der Waals surface area contributed by atoms with Crippen LogP contribution in [0.2, 0.25) is 0 Å². The Bertz CT molecular complexity index is 282. The van der Waals surface area contributed by atoms with Crippen molar-refractivity contribution in [3.63, 3.8) is 0 Å². The van der Waals surface area contributed by atoms with Crippen LogP contribution in [0.1, 0.15) is 40.5 Å². The Balaban J connectivity index is 2.27. The molecule has 0 aliphatic carbocycles. The molecule has 5 heteroatoms. The van der Waals surface area contributed by atoms with E-state index in [4.69, 9.17) is 4.74 Å². The van der Waals surface area contributed by atoms with Crippen molar-refractivity contribution in [3.8, 4) is 0 Å². The minimum Gasteiger partial charge on any atom is -0.374 e. The van der Waals surface area contributed by atoms with Crippen molar-refractivity contribution in [2.75, 3.05) is 32.8 Å². The second kappa shape index (κ2) is 9.32. The lowest BCUT2D eigenvalue weighted by Crippen LogP contribution is -2.51. The first-order valence-corrected chi connectivity index (χ1v) is 7.98. The molecule has 0 aromatic heterocycles. The quantitative estimate of drug-likeness (QED) is 0.698. The van der Waals surface area contributed by atoms with E-state index >= 15 is 0 Å². The van der Waals surface area contributed by atoms with Gasteiger partial charge in [-0.3, -0.25) is 9.69 Å². The van der Waals surface area contributed by atoms with Crippen LogP contribution in [0.15, 0.2) is 0 Å². The van der Waals surface area contributed by atoms with Gasteiger partial charge in [0.1, 0.15) is 0 Å². The van der Waals surface area contributed by atoms with Gasteiger partial charge in [0.2, 0.25) is 5.91 Å². The van der Waals surface area contributed by atoms with Crippen LogP contribution in [0.4, 0.5) is 0 Å². The molecule has 0 bridgehead atoms. The first kappa shape index (κ1) is 17.4. The molecule has 0 aromatic carbocycles. The molecule has 2 unspecified atom stereocenters. The van der Waals surface area contributed by atoms with Gasteiger partial charge < -0.3 is 15.4 Å². The second-order valence-corrected chi connectivity index (χ2v) is 5.54. The van der Waals surface area contributed by atoms with Crippen LogP contribution < -0.4 is 10.6 Å². The monoisotopic (exact) mass is 285 g/mol. The third-order valence-electron chi connectivity index (χ3n) is 4.05. The number of nitrogens with zero attached hydrogens (tertiary/aromatic N) is 1. The molecule has 1 rings (SSSR count). The second-order valence-electron chi connectivity index (χ2n) is 5.54. The summed E-state index contributed by atoms with van der Waals surface area (Å²) in [5.41, 5.74) is 0. The van der Waals surface area contributed by atoms with Crippen molar-refractivity contribution in [1.29, 1.82) is 0 Å². The van der Waals surface area contributed by atoms with E-state index in [0.29, 0.717) is 0 Å². The van der Waals surface area contributed by atoms with Gasteiger partial charge in [-0.1, -0.05) is 20.8 Å². The zero-order valence-corrected chi connectivity index (χ0v) is 13.4. The van der Waals surface area contributed by atoms with Gasteiger partial charge in [0.05, 0.1) is 18.8 Å². The molecule has 2 N–H and O–H groups in total. The average molecular weight is 285 g/mol. The largest absolute Gasteiger partial charge is 0.374 e. The highest BCUT2D eigenvalue weighted by molar-refractivity contribution is 5.81. The average Bonchev–Trinajstić information content (AvgIpc) is 2.50. The third kappa shape index (κ3) is 5.77. The predicted octanol–water partition coefficient (Wildman–Crippen LogP) is 0.990. The summed E-state index contributed by atoms with van der Waals surface area (Å²) in [4.78, 5) is 14.4. The van der Waals surface area contributed by atoms with Crippen molar-refractivity contribution in [1.82, 2.24) is 15.5 Å². The normalized spacial score (nSPS) is 21.9. The molecular formula is C15H31N3O2. The van der Waals surface area contributed by atoms with Crippen molar-refractivity contribution in [2.45, 2.75) is 58.7 Å². The van der Waals surface area contributed by atoms with E-state index in [0.717, 1.165) is 45.6 Å². The molecule has 1 fully saturated rings. The van der Waals surface area contributed by atoms with E-state index in [1.54, 1.807) is 0 Å². The Labute approximate surface area is 123 Å². The highest BCUT2D eigenvalue weighted by Gasteiger charge is 2.21. The molecule has 2 atom stereocenters. The Morgan fingerprint density at radius 1 is 1.35 bits per heavy atom. The number of ether oxygens (including phenoxy) is 1. The Morgan fingerprint density at radius 2 is 2.05 bits per heavy atom. The van der Waals surface area contributed by atoms with Gasteiger partial charge in [0, 0.05) is 25.7 Å². The molecular weight excluding hydrogens is 254 g/mol. The predicted molar refractivity (Wildman–Crippen MR) is 81.8 cm³/mol. The van der Waals surface area contributed by atoms with Crippen LogP contribution in [0.25, 0.3) is 0 Å². The molecule has 0 spiro atoms. The van der Waals surface area contributed by atoms with Crippen LogP contribution in [0.5, 0.6) is 0 Å².